The van der Waals surface area contributed by atoms with Crippen molar-refractivity contribution in [3.63, 3.8) is 0 Å². The van der Waals surface area contributed by atoms with Crippen molar-refractivity contribution in [2.24, 2.45) is 0 Å². The maximum absolute atomic E-state index is 12.7. The number of hydrogen-bond acceptors (Lipinski definition) is 4. The number of carbonyl (C=O) groups excluding carboxylic acids is 1. The van der Waals surface area contributed by atoms with Crippen LogP contribution in [0, 0.1) is 3.57 Å². The van der Waals surface area contributed by atoms with Crippen LogP contribution in [-0.2, 0) is 11.4 Å². The molecule has 0 bridgehead atoms. The lowest BCUT2D eigenvalue weighted by atomic mass is 10.1. The minimum Gasteiger partial charge on any atom is -0.490 e. The Bertz CT molecular complexity index is 1110. The number of benzene rings is 3. The molecule has 8 heteroatoms. The molecule has 32 heavy (non-hydrogen) atoms. The highest BCUT2D eigenvalue weighted by Crippen LogP contribution is 2.45. The molecule has 1 atom stereocenters. The Morgan fingerprint density at radius 1 is 1.12 bits per heavy atom. The number of anilines is 1. The van der Waals surface area contributed by atoms with E-state index >= 15 is 0 Å². The number of ether oxygens (including phenoxy) is 2. The SMILES string of the molecule is CCOc1cc([C@H]2SCC(=O)N2c2ccc(Cl)cc2)cc(I)c1OCc1ccc(Br)cc1. The molecule has 1 heterocycles. The van der Waals surface area contributed by atoms with Crippen molar-refractivity contribution in [1.29, 1.82) is 0 Å². The number of nitrogens with zero attached hydrogens (tertiary/aromatic N) is 1. The van der Waals surface area contributed by atoms with Gasteiger partial charge in [0.2, 0.25) is 5.91 Å². The molecule has 0 radical (unpaired) electrons. The number of carbonyl (C=O) groups is 1. The Morgan fingerprint density at radius 2 is 1.84 bits per heavy atom. The highest BCUT2D eigenvalue weighted by Gasteiger charge is 2.35. The fourth-order valence-corrected chi connectivity index (χ4v) is 5.75. The van der Waals surface area contributed by atoms with Gasteiger partial charge in [0.05, 0.1) is 15.9 Å². The Hall–Kier alpha value is -1.42. The monoisotopic (exact) mass is 643 g/mol. The third-order valence-corrected chi connectivity index (χ3v) is 7.68. The second-order valence-electron chi connectivity index (χ2n) is 7.08. The second kappa shape index (κ2) is 10.7. The van der Waals surface area contributed by atoms with E-state index < -0.39 is 0 Å². The standard InChI is InChI=1S/C24H20BrClINO3S/c1-2-30-21-12-16(11-20(27)23(21)31-13-15-3-5-17(25)6-4-15)24-28(22(29)14-32-24)19-9-7-18(26)8-10-19/h3-12,24H,2,13-14H2,1H3/t24-/m1/s1. The van der Waals surface area contributed by atoms with Gasteiger partial charge in [-0.1, -0.05) is 39.7 Å². The predicted molar refractivity (Wildman–Crippen MR) is 143 cm³/mol. The van der Waals surface area contributed by atoms with E-state index in [0.717, 1.165) is 24.9 Å². The highest BCUT2D eigenvalue weighted by atomic mass is 127. The van der Waals surface area contributed by atoms with Crippen LogP contribution >= 0.6 is 61.9 Å². The van der Waals surface area contributed by atoms with Crippen LogP contribution in [0.2, 0.25) is 5.02 Å². The molecule has 3 aromatic carbocycles. The number of rotatable bonds is 7. The highest BCUT2D eigenvalue weighted by molar-refractivity contribution is 14.1. The van der Waals surface area contributed by atoms with Gasteiger partial charge in [-0.2, -0.15) is 0 Å². The van der Waals surface area contributed by atoms with Crippen molar-refractivity contribution < 1.29 is 14.3 Å². The van der Waals surface area contributed by atoms with Crippen LogP contribution < -0.4 is 14.4 Å². The lowest BCUT2D eigenvalue weighted by Crippen LogP contribution is -2.27. The topological polar surface area (TPSA) is 38.8 Å². The van der Waals surface area contributed by atoms with E-state index in [-0.39, 0.29) is 11.3 Å². The van der Waals surface area contributed by atoms with E-state index in [0.29, 0.717) is 35.5 Å². The molecule has 1 aliphatic heterocycles. The van der Waals surface area contributed by atoms with Gasteiger partial charge in [-0.05, 0) is 89.2 Å². The second-order valence-corrected chi connectivity index (χ2v) is 10.7. The average molecular weight is 645 g/mol. The minimum absolute atomic E-state index is 0.0749. The molecule has 4 rings (SSSR count). The van der Waals surface area contributed by atoms with Crippen molar-refractivity contribution in [2.75, 3.05) is 17.3 Å². The van der Waals surface area contributed by atoms with Gasteiger partial charge in [-0.15, -0.1) is 11.8 Å². The van der Waals surface area contributed by atoms with Crippen molar-refractivity contribution in [3.8, 4) is 11.5 Å². The number of halogens is 3. The van der Waals surface area contributed by atoms with Gasteiger partial charge in [-0.3, -0.25) is 9.69 Å². The maximum atomic E-state index is 12.7. The zero-order valence-corrected chi connectivity index (χ0v) is 22.5. The first-order valence-electron chi connectivity index (χ1n) is 9.99. The molecule has 0 saturated carbocycles. The fraction of sp³-hybridized carbons (Fsp3) is 0.208. The first-order chi connectivity index (χ1) is 15.5. The molecule has 4 nitrogen and oxygen atoms in total. The van der Waals surface area contributed by atoms with Gasteiger partial charge >= 0.3 is 0 Å². The molecular formula is C24H20BrClINO3S. The molecule has 0 aromatic heterocycles. The van der Waals surface area contributed by atoms with Crippen molar-refractivity contribution in [3.05, 3.63) is 84.9 Å². The average Bonchev–Trinajstić information content (AvgIpc) is 3.16. The number of amides is 1. The normalized spacial score (nSPS) is 15.8. The van der Waals surface area contributed by atoms with Gasteiger partial charge < -0.3 is 9.47 Å². The Morgan fingerprint density at radius 3 is 2.53 bits per heavy atom. The zero-order valence-electron chi connectivity index (χ0n) is 17.2. The van der Waals surface area contributed by atoms with Crippen LogP contribution in [0.3, 0.4) is 0 Å². The maximum Gasteiger partial charge on any atom is 0.238 e. The number of thioether (sulfide) groups is 1. The van der Waals surface area contributed by atoms with E-state index in [2.05, 4.69) is 44.6 Å². The van der Waals surface area contributed by atoms with E-state index in [4.69, 9.17) is 21.1 Å². The van der Waals surface area contributed by atoms with Gasteiger partial charge in [0.1, 0.15) is 12.0 Å². The smallest absolute Gasteiger partial charge is 0.238 e. The summed E-state index contributed by atoms with van der Waals surface area (Å²) < 4.78 is 14.1. The largest absolute Gasteiger partial charge is 0.490 e. The molecule has 0 aliphatic carbocycles. The zero-order chi connectivity index (χ0) is 22.7. The molecular weight excluding hydrogens is 625 g/mol. The summed E-state index contributed by atoms with van der Waals surface area (Å²) in [6.45, 7) is 2.91. The minimum atomic E-state index is -0.142. The summed E-state index contributed by atoms with van der Waals surface area (Å²) in [5.41, 5.74) is 2.90. The summed E-state index contributed by atoms with van der Waals surface area (Å²) in [5.74, 6) is 1.90. The van der Waals surface area contributed by atoms with Crippen LogP contribution in [0.25, 0.3) is 0 Å². The van der Waals surface area contributed by atoms with Gasteiger partial charge in [0.25, 0.3) is 0 Å². The summed E-state index contributed by atoms with van der Waals surface area (Å²) in [4.78, 5) is 14.5. The van der Waals surface area contributed by atoms with Crippen molar-refractivity contribution >= 4 is 73.5 Å². The molecule has 166 valence electrons. The first kappa shape index (κ1) is 23.7. The molecule has 1 aliphatic rings. The summed E-state index contributed by atoms with van der Waals surface area (Å²) in [6, 6.07) is 19.5. The predicted octanol–water partition coefficient (Wildman–Crippen LogP) is 7.46. The van der Waals surface area contributed by atoms with Crippen molar-refractivity contribution in [1.82, 2.24) is 0 Å². The van der Waals surface area contributed by atoms with Gasteiger partial charge in [-0.25, -0.2) is 0 Å². The summed E-state index contributed by atoms with van der Waals surface area (Å²) in [5, 5.41) is 0.502. The van der Waals surface area contributed by atoms with Crippen LogP contribution in [0.15, 0.2) is 65.1 Å². The van der Waals surface area contributed by atoms with Crippen LogP contribution in [0.5, 0.6) is 11.5 Å². The van der Waals surface area contributed by atoms with Gasteiger partial charge in [0, 0.05) is 15.2 Å². The van der Waals surface area contributed by atoms with Crippen LogP contribution in [-0.4, -0.2) is 18.3 Å². The summed E-state index contributed by atoms with van der Waals surface area (Å²) >= 11 is 13.4. The lowest BCUT2D eigenvalue weighted by Gasteiger charge is -2.25. The third-order valence-electron chi connectivity index (χ3n) is 4.89. The molecule has 3 aromatic rings. The van der Waals surface area contributed by atoms with Gasteiger partial charge in [0.15, 0.2) is 11.5 Å². The summed E-state index contributed by atoms with van der Waals surface area (Å²) in [6.07, 6.45) is 0. The van der Waals surface area contributed by atoms with E-state index in [1.807, 2.05) is 54.3 Å². The van der Waals surface area contributed by atoms with E-state index in [1.165, 1.54) is 0 Å². The van der Waals surface area contributed by atoms with E-state index in [9.17, 15) is 4.79 Å². The Balaban J connectivity index is 1.63. The van der Waals surface area contributed by atoms with Crippen LogP contribution in [0.4, 0.5) is 5.69 Å². The molecule has 1 saturated heterocycles. The molecule has 0 N–H and O–H groups in total. The quantitative estimate of drug-likeness (QED) is 0.251. The third kappa shape index (κ3) is 5.38. The molecule has 1 fully saturated rings. The molecule has 0 unspecified atom stereocenters. The Kier molecular flexibility index (Phi) is 7.91. The lowest BCUT2D eigenvalue weighted by molar-refractivity contribution is -0.115. The first-order valence-corrected chi connectivity index (χ1v) is 13.3. The van der Waals surface area contributed by atoms with Crippen LogP contribution in [0.1, 0.15) is 23.4 Å². The van der Waals surface area contributed by atoms with Crippen molar-refractivity contribution in [2.45, 2.75) is 18.9 Å². The Labute approximate surface area is 218 Å². The fourth-order valence-electron chi connectivity index (χ4n) is 3.42. The number of hydrogen-bond donors (Lipinski definition) is 0. The molecule has 1 amide bonds. The molecule has 0 spiro atoms. The summed E-state index contributed by atoms with van der Waals surface area (Å²) in [7, 11) is 0. The van der Waals surface area contributed by atoms with E-state index in [1.54, 1.807) is 23.9 Å².